The number of esters is 1. The lowest BCUT2D eigenvalue weighted by Gasteiger charge is -2.24. The molecule has 3 atom stereocenters. The Labute approximate surface area is 359 Å². The Morgan fingerprint density at radius 2 is 0.931 bits per heavy atom. The number of unbranched alkanes of at least 4 members (excludes halogenated alkanes) is 27. The first-order valence-corrected chi connectivity index (χ1v) is 24.9. The average molecular weight is 814 g/mol. The first-order chi connectivity index (χ1) is 28.5. The molecule has 0 aliphatic rings. The van der Waals surface area contributed by atoms with Crippen molar-refractivity contribution in [3.05, 3.63) is 48.6 Å². The molecule has 0 saturated heterocycles. The van der Waals surface area contributed by atoms with Crippen molar-refractivity contribution in [2.75, 3.05) is 6.61 Å². The molecule has 338 valence electrons. The van der Waals surface area contributed by atoms with Crippen molar-refractivity contribution in [3.63, 3.8) is 0 Å². The van der Waals surface area contributed by atoms with E-state index in [4.69, 9.17) is 4.74 Å². The number of allylic oxidation sites excluding steroid dienone is 8. The Bertz CT molecular complexity index is 1000. The van der Waals surface area contributed by atoms with Crippen LogP contribution in [0, 0.1) is 0 Å². The van der Waals surface area contributed by atoms with Gasteiger partial charge >= 0.3 is 5.97 Å². The minimum atomic E-state index is -0.789. The van der Waals surface area contributed by atoms with Crippen LogP contribution in [-0.4, -0.2) is 46.9 Å². The van der Waals surface area contributed by atoms with Crippen molar-refractivity contribution in [2.24, 2.45) is 0 Å². The van der Waals surface area contributed by atoms with Gasteiger partial charge in [0.1, 0.15) is 6.10 Å². The fraction of sp³-hybridized carbons (Fsp3) is 0.808. The van der Waals surface area contributed by atoms with Gasteiger partial charge in [-0.15, -0.1) is 0 Å². The standard InChI is InChI=1S/C52H95NO5/c1-4-7-10-13-16-19-22-24-26-28-30-33-36-39-42-45-52(57)58-48(43-40-37-34-31-29-27-25-23-20-17-14-11-8-5-2)46-51(56)53-49(47-54)50(55)44-41-38-35-32-21-18-15-12-9-6-3/h7,10,13,16,19,22,24,26,48-50,54-55H,4-6,8-9,11-12,14-15,17-18,20-21,23,25,27-47H2,1-3H3,(H,53,56)/b10-7+,16-13+,22-19+,26-24-. The van der Waals surface area contributed by atoms with Gasteiger partial charge in [0.2, 0.25) is 5.91 Å². The van der Waals surface area contributed by atoms with Gasteiger partial charge in [-0.1, -0.05) is 236 Å². The van der Waals surface area contributed by atoms with Crippen LogP contribution in [0.15, 0.2) is 48.6 Å². The van der Waals surface area contributed by atoms with Gasteiger partial charge in [-0.05, 0) is 44.9 Å². The van der Waals surface area contributed by atoms with Crippen LogP contribution in [0.1, 0.15) is 245 Å². The molecule has 0 aromatic carbocycles. The highest BCUT2D eigenvalue weighted by Gasteiger charge is 2.24. The minimum absolute atomic E-state index is 0.0700. The van der Waals surface area contributed by atoms with E-state index in [2.05, 4.69) is 56.5 Å². The molecule has 6 heteroatoms. The number of aliphatic hydroxyl groups is 2. The molecule has 0 heterocycles. The summed E-state index contributed by atoms with van der Waals surface area (Å²) in [6.45, 7) is 6.33. The molecule has 3 N–H and O–H groups in total. The lowest BCUT2D eigenvalue weighted by atomic mass is 10.0. The Morgan fingerprint density at radius 1 is 0.517 bits per heavy atom. The number of ether oxygens (including phenoxy) is 1. The molecule has 0 aliphatic carbocycles. The molecular weight excluding hydrogens is 719 g/mol. The second-order valence-corrected chi connectivity index (χ2v) is 16.9. The molecule has 0 fully saturated rings. The summed E-state index contributed by atoms with van der Waals surface area (Å²) in [5, 5.41) is 23.7. The van der Waals surface area contributed by atoms with Crippen LogP contribution >= 0.6 is 0 Å². The number of carbonyl (C=O) groups is 2. The van der Waals surface area contributed by atoms with Crippen molar-refractivity contribution >= 4 is 11.9 Å². The monoisotopic (exact) mass is 814 g/mol. The zero-order chi connectivity index (χ0) is 42.4. The van der Waals surface area contributed by atoms with Crippen molar-refractivity contribution < 1.29 is 24.5 Å². The number of rotatable bonds is 44. The van der Waals surface area contributed by atoms with E-state index in [9.17, 15) is 19.8 Å². The van der Waals surface area contributed by atoms with Gasteiger partial charge in [0.05, 0.1) is 25.2 Å². The van der Waals surface area contributed by atoms with Gasteiger partial charge in [0, 0.05) is 6.42 Å². The first-order valence-electron chi connectivity index (χ1n) is 24.9. The van der Waals surface area contributed by atoms with E-state index in [1.165, 1.54) is 122 Å². The third-order valence-electron chi connectivity index (χ3n) is 11.3. The molecule has 0 rings (SSSR count). The molecule has 0 aromatic heterocycles. The maximum atomic E-state index is 13.2. The van der Waals surface area contributed by atoms with Crippen LogP contribution in [0.2, 0.25) is 0 Å². The average Bonchev–Trinajstić information content (AvgIpc) is 3.22. The molecule has 0 radical (unpaired) electrons. The number of amides is 1. The third kappa shape index (κ3) is 40.6. The van der Waals surface area contributed by atoms with Crippen LogP contribution in [0.3, 0.4) is 0 Å². The highest BCUT2D eigenvalue weighted by molar-refractivity contribution is 5.77. The molecular formula is C52H95NO5. The second-order valence-electron chi connectivity index (χ2n) is 16.9. The summed E-state index contributed by atoms with van der Waals surface area (Å²) in [5.41, 5.74) is 0. The summed E-state index contributed by atoms with van der Waals surface area (Å²) >= 11 is 0. The summed E-state index contributed by atoms with van der Waals surface area (Å²) < 4.78 is 5.92. The molecule has 6 nitrogen and oxygen atoms in total. The smallest absolute Gasteiger partial charge is 0.306 e. The summed E-state index contributed by atoms with van der Waals surface area (Å²) in [4.78, 5) is 26.1. The molecule has 0 saturated carbocycles. The van der Waals surface area contributed by atoms with Crippen molar-refractivity contribution in [1.82, 2.24) is 5.32 Å². The van der Waals surface area contributed by atoms with E-state index in [-0.39, 0.29) is 24.9 Å². The molecule has 1 amide bonds. The first kappa shape index (κ1) is 55.8. The Morgan fingerprint density at radius 3 is 1.41 bits per heavy atom. The van der Waals surface area contributed by atoms with Crippen LogP contribution in [0.4, 0.5) is 0 Å². The zero-order valence-electron chi connectivity index (χ0n) is 38.4. The van der Waals surface area contributed by atoms with Gasteiger partial charge in [0.25, 0.3) is 0 Å². The SMILES string of the molecule is CC/C=C/C=C/C=C/C=C\CCCCCCCC(=O)OC(CCCCCCCCCCCCCCCC)CC(=O)NC(CO)C(O)CCCCCCCCCCCC. The van der Waals surface area contributed by atoms with E-state index >= 15 is 0 Å². The highest BCUT2D eigenvalue weighted by Crippen LogP contribution is 2.18. The quantitative estimate of drug-likeness (QED) is 0.0323. The van der Waals surface area contributed by atoms with E-state index in [1.807, 2.05) is 18.2 Å². The third-order valence-corrected chi connectivity index (χ3v) is 11.3. The van der Waals surface area contributed by atoms with E-state index in [1.54, 1.807) is 0 Å². The predicted molar refractivity (Wildman–Crippen MR) is 250 cm³/mol. The molecule has 3 unspecified atom stereocenters. The zero-order valence-corrected chi connectivity index (χ0v) is 38.4. The number of hydrogen-bond acceptors (Lipinski definition) is 5. The van der Waals surface area contributed by atoms with Gasteiger partial charge in [-0.25, -0.2) is 0 Å². The van der Waals surface area contributed by atoms with Crippen LogP contribution in [0.25, 0.3) is 0 Å². The fourth-order valence-electron chi connectivity index (χ4n) is 7.50. The Hall–Kier alpha value is -2.18. The predicted octanol–water partition coefficient (Wildman–Crippen LogP) is 14.7. The molecule has 0 bridgehead atoms. The van der Waals surface area contributed by atoms with Gasteiger partial charge in [-0.2, -0.15) is 0 Å². The molecule has 0 aliphatic heterocycles. The maximum Gasteiger partial charge on any atom is 0.306 e. The van der Waals surface area contributed by atoms with E-state index in [0.717, 1.165) is 77.0 Å². The van der Waals surface area contributed by atoms with Crippen molar-refractivity contribution in [3.8, 4) is 0 Å². The number of aliphatic hydroxyl groups excluding tert-OH is 2. The summed E-state index contributed by atoms with van der Waals surface area (Å²) in [6, 6.07) is -0.703. The van der Waals surface area contributed by atoms with Gasteiger partial charge < -0.3 is 20.3 Å². The van der Waals surface area contributed by atoms with E-state index < -0.39 is 18.2 Å². The maximum absolute atomic E-state index is 13.2. The van der Waals surface area contributed by atoms with Gasteiger partial charge in [-0.3, -0.25) is 9.59 Å². The van der Waals surface area contributed by atoms with Crippen LogP contribution < -0.4 is 5.32 Å². The largest absolute Gasteiger partial charge is 0.462 e. The highest BCUT2D eigenvalue weighted by atomic mass is 16.5. The summed E-state index contributed by atoms with van der Waals surface area (Å²) in [7, 11) is 0. The summed E-state index contributed by atoms with van der Waals surface area (Å²) in [5.74, 6) is -0.494. The molecule has 0 aromatic rings. The van der Waals surface area contributed by atoms with Crippen LogP contribution in [0.5, 0.6) is 0 Å². The Balaban J connectivity index is 4.62. The van der Waals surface area contributed by atoms with Crippen molar-refractivity contribution in [2.45, 2.75) is 264 Å². The fourth-order valence-corrected chi connectivity index (χ4v) is 7.50. The number of carbonyl (C=O) groups excluding carboxylic acids is 2. The molecule has 58 heavy (non-hydrogen) atoms. The normalized spacial score (nSPS) is 13.7. The lowest BCUT2D eigenvalue weighted by Crippen LogP contribution is -2.46. The van der Waals surface area contributed by atoms with Gasteiger partial charge in [0.15, 0.2) is 0 Å². The van der Waals surface area contributed by atoms with Crippen molar-refractivity contribution in [1.29, 1.82) is 0 Å². The topological polar surface area (TPSA) is 95.9 Å². The minimum Gasteiger partial charge on any atom is -0.462 e. The van der Waals surface area contributed by atoms with E-state index in [0.29, 0.717) is 19.3 Å². The number of nitrogens with one attached hydrogen (secondary N) is 1. The molecule has 0 spiro atoms. The number of hydrogen-bond donors (Lipinski definition) is 3. The van der Waals surface area contributed by atoms with Crippen LogP contribution in [-0.2, 0) is 14.3 Å². The second kappa shape index (κ2) is 45.9. The Kier molecular flexibility index (Phi) is 44.2. The summed E-state index contributed by atoms with van der Waals surface area (Å²) in [6.07, 6.45) is 54.5. The lowest BCUT2D eigenvalue weighted by molar-refractivity contribution is -0.151.